The van der Waals surface area contributed by atoms with Crippen LogP contribution in [0.4, 0.5) is 0 Å². The molecule has 4 N–H and O–H groups in total. The molecule has 0 rings (SSSR count). The van der Waals surface area contributed by atoms with Crippen LogP contribution in [0.3, 0.4) is 0 Å². The lowest BCUT2D eigenvalue weighted by Gasteiger charge is -2.19. The summed E-state index contributed by atoms with van der Waals surface area (Å²) in [5, 5.41) is 43.0. The molecule has 68 valence electrons. The second-order valence-electron chi connectivity index (χ2n) is 2.18. The number of aliphatic hydroxyl groups excluding tert-OH is 4. The van der Waals surface area contributed by atoms with Gasteiger partial charge in [-0.1, -0.05) is 0 Å². The molecular weight excluding hydrogens is 166 g/mol. The van der Waals surface area contributed by atoms with E-state index in [0.717, 1.165) is 0 Å². The highest BCUT2D eigenvalue weighted by molar-refractivity contribution is 5.56. The summed E-state index contributed by atoms with van der Waals surface area (Å²) in [5.41, 5.74) is 0. The summed E-state index contributed by atoms with van der Waals surface area (Å²) < 4.78 is 0. The van der Waals surface area contributed by atoms with Gasteiger partial charge in [0.05, 0.1) is 6.07 Å². The molecule has 0 aliphatic rings. The molecule has 0 bridgehead atoms. The molecule has 12 heavy (non-hydrogen) atoms. The van der Waals surface area contributed by atoms with Gasteiger partial charge in [0, 0.05) is 0 Å². The van der Waals surface area contributed by atoms with Gasteiger partial charge in [0.15, 0.2) is 12.4 Å². The summed E-state index contributed by atoms with van der Waals surface area (Å²) in [4.78, 5) is 9.88. The van der Waals surface area contributed by atoms with Gasteiger partial charge in [-0.3, -0.25) is 0 Å². The highest BCUT2D eigenvalue weighted by atomic mass is 16.4. The van der Waals surface area contributed by atoms with Gasteiger partial charge in [0.25, 0.3) is 0 Å². The molecule has 0 fully saturated rings. The van der Waals surface area contributed by atoms with Gasteiger partial charge in [-0.05, 0) is 0 Å². The average Bonchev–Trinajstić information content (AvgIpc) is 2.12. The topological polar surface area (TPSA) is 122 Å². The quantitative estimate of drug-likeness (QED) is 0.269. The second kappa shape index (κ2) is 4.79. The van der Waals surface area contributed by atoms with Crippen LogP contribution in [0.25, 0.3) is 0 Å². The Bertz CT molecular complexity index is 189. The van der Waals surface area contributed by atoms with Crippen molar-refractivity contribution in [1.82, 2.24) is 0 Å². The first-order valence-electron chi connectivity index (χ1n) is 3.11. The van der Waals surface area contributed by atoms with Crippen molar-refractivity contribution in [2.24, 2.45) is 0 Å². The van der Waals surface area contributed by atoms with E-state index >= 15 is 0 Å². The molecule has 0 aromatic heterocycles. The molecular formula is C6H9NO5. The lowest BCUT2D eigenvalue weighted by molar-refractivity contribution is -0.130. The van der Waals surface area contributed by atoms with E-state index in [1.807, 2.05) is 0 Å². The summed E-state index contributed by atoms with van der Waals surface area (Å²) in [6.07, 6.45) is -7.33. The molecule has 6 nitrogen and oxygen atoms in total. The maximum Gasteiger partial charge on any atom is 0.168 e. The number of hydrogen-bond acceptors (Lipinski definition) is 6. The fraction of sp³-hybridized carbons (Fsp3) is 0.667. The minimum absolute atomic E-state index is 0.00200. The predicted octanol–water partition coefficient (Wildman–Crippen LogP) is -2.85. The van der Waals surface area contributed by atoms with Crippen molar-refractivity contribution in [2.75, 3.05) is 0 Å². The van der Waals surface area contributed by atoms with Crippen LogP contribution in [0.1, 0.15) is 0 Å². The van der Waals surface area contributed by atoms with Crippen LogP contribution in [0, 0.1) is 11.3 Å². The van der Waals surface area contributed by atoms with Crippen molar-refractivity contribution < 1.29 is 25.2 Å². The highest BCUT2D eigenvalue weighted by Crippen LogP contribution is 2.02. The summed E-state index contributed by atoms with van der Waals surface area (Å²) in [5.74, 6) is 0. The molecule has 0 aromatic rings. The molecule has 0 aliphatic carbocycles. The van der Waals surface area contributed by atoms with Crippen molar-refractivity contribution in [3.8, 4) is 6.07 Å². The Morgan fingerprint density at radius 2 is 1.67 bits per heavy atom. The molecule has 0 aromatic carbocycles. The molecule has 0 saturated carbocycles. The Labute approximate surface area is 68.3 Å². The molecule has 0 heterocycles. The van der Waals surface area contributed by atoms with Crippen LogP contribution in [0.15, 0.2) is 0 Å². The van der Waals surface area contributed by atoms with E-state index in [0.29, 0.717) is 0 Å². The zero-order valence-corrected chi connectivity index (χ0v) is 6.03. The first kappa shape index (κ1) is 11.0. The van der Waals surface area contributed by atoms with Crippen molar-refractivity contribution in [3.05, 3.63) is 0 Å². The van der Waals surface area contributed by atoms with Gasteiger partial charge >= 0.3 is 0 Å². The largest absolute Gasteiger partial charge is 0.387 e. The Hall–Kier alpha value is -1.00. The smallest absolute Gasteiger partial charge is 0.168 e. The normalized spacial score (nSPS) is 20.2. The SMILES string of the molecule is N#CC(O)C(O)C(O)C(O)C=O. The lowest BCUT2D eigenvalue weighted by Crippen LogP contribution is -2.44. The second-order valence-corrected chi connectivity index (χ2v) is 2.18. The van der Waals surface area contributed by atoms with Crippen LogP contribution >= 0.6 is 0 Å². The number of aliphatic hydroxyl groups is 4. The van der Waals surface area contributed by atoms with Crippen LogP contribution < -0.4 is 0 Å². The number of nitriles is 1. The van der Waals surface area contributed by atoms with E-state index < -0.39 is 24.4 Å². The number of carbonyl (C=O) groups is 1. The molecule has 6 heteroatoms. The molecule has 0 saturated heterocycles. The van der Waals surface area contributed by atoms with Crippen molar-refractivity contribution in [3.63, 3.8) is 0 Å². The van der Waals surface area contributed by atoms with Gasteiger partial charge in [-0.15, -0.1) is 0 Å². The van der Waals surface area contributed by atoms with E-state index in [2.05, 4.69) is 0 Å². The van der Waals surface area contributed by atoms with E-state index in [-0.39, 0.29) is 6.29 Å². The summed E-state index contributed by atoms with van der Waals surface area (Å²) in [6.45, 7) is 0. The lowest BCUT2D eigenvalue weighted by atomic mass is 10.1. The Morgan fingerprint density at radius 3 is 2.00 bits per heavy atom. The Kier molecular flexibility index (Phi) is 4.39. The molecule has 0 amide bonds. The van der Waals surface area contributed by atoms with E-state index in [1.54, 1.807) is 0 Å². The first-order valence-corrected chi connectivity index (χ1v) is 3.11. The predicted molar refractivity (Wildman–Crippen MR) is 35.7 cm³/mol. The van der Waals surface area contributed by atoms with Gasteiger partial charge < -0.3 is 25.2 Å². The minimum Gasteiger partial charge on any atom is -0.387 e. The molecule has 0 radical (unpaired) electrons. The van der Waals surface area contributed by atoms with Crippen molar-refractivity contribution >= 4 is 6.29 Å². The average molecular weight is 175 g/mol. The van der Waals surface area contributed by atoms with Crippen LogP contribution in [0.2, 0.25) is 0 Å². The number of nitrogens with zero attached hydrogens (tertiary/aromatic N) is 1. The van der Waals surface area contributed by atoms with Crippen LogP contribution in [0.5, 0.6) is 0 Å². The summed E-state index contributed by atoms with van der Waals surface area (Å²) in [6, 6.07) is 1.24. The third-order valence-electron chi connectivity index (χ3n) is 1.30. The highest BCUT2D eigenvalue weighted by Gasteiger charge is 2.29. The standard InChI is InChI=1S/C6H9NO5/c7-1-3(9)5(11)6(12)4(10)2-8/h2-6,9-12H. The van der Waals surface area contributed by atoms with E-state index in [4.69, 9.17) is 25.7 Å². The third kappa shape index (κ3) is 2.56. The van der Waals surface area contributed by atoms with Crippen LogP contribution in [-0.2, 0) is 4.79 Å². The molecule has 0 aliphatic heterocycles. The summed E-state index contributed by atoms with van der Waals surface area (Å²) in [7, 11) is 0. The molecule has 4 unspecified atom stereocenters. The number of carbonyl (C=O) groups excluding carboxylic acids is 1. The third-order valence-corrected chi connectivity index (χ3v) is 1.30. The number of aldehydes is 1. The monoisotopic (exact) mass is 175 g/mol. The van der Waals surface area contributed by atoms with Gasteiger partial charge in [-0.25, -0.2) is 0 Å². The van der Waals surface area contributed by atoms with E-state index in [9.17, 15) is 4.79 Å². The first-order chi connectivity index (χ1) is 5.54. The summed E-state index contributed by atoms with van der Waals surface area (Å²) >= 11 is 0. The zero-order chi connectivity index (χ0) is 9.72. The van der Waals surface area contributed by atoms with Gasteiger partial charge in [-0.2, -0.15) is 5.26 Å². The zero-order valence-electron chi connectivity index (χ0n) is 6.03. The fourth-order valence-electron chi connectivity index (χ4n) is 0.546. The maximum absolute atomic E-state index is 9.88. The number of rotatable bonds is 4. The number of hydrogen-bond donors (Lipinski definition) is 4. The van der Waals surface area contributed by atoms with Crippen molar-refractivity contribution in [2.45, 2.75) is 24.4 Å². The Balaban J connectivity index is 4.19. The van der Waals surface area contributed by atoms with E-state index in [1.165, 1.54) is 6.07 Å². The van der Waals surface area contributed by atoms with Crippen molar-refractivity contribution in [1.29, 1.82) is 5.26 Å². The fourth-order valence-corrected chi connectivity index (χ4v) is 0.546. The minimum atomic E-state index is -1.85. The Morgan fingerprint density at radius 1 is 1.17 bits per heavy atom. The van der Waals surface area contributed by atoms with Crippen LogP contribution in [-0.4, -0.2) is 51.1 Å². The maximum atomic E-state index is 9.88. The molecule has 4 atom stereocenters. The van der Waals surface area contributed by atoms with Gasteiger partial charge in [0.2, 0.25) is 0 Å². The van der Waals surface area contributed by atoms with Gasteiger partial charge in [0.1, 0.15) is 18.3 Å². The molecule has 0 spiro atoms.